The van der Waals surface area contributed by atoms with Crippen molar-refractivity contribution in [2.45, 2.75) is 26.2 Å². The molecule has 0 fully saturated rings. The lowest BCUT2D eigenvalue weighted by Gasteiger charge is -2.18. The second kappa shape index (κ2) is 8.48. The topological polar surface area (TPSA) is 131 Å². The average Bonchev–Trinajstić information content (AvgIpc) is 3.33. The van der Waals surface area contributed by atoms with E-state index < -0.39 is 15.4 Å². The minimum atomic E-state index is -3.38. The second-order valence-corrected chi connectivity index (χ2v) is 11.7. The third kappa shape index (κ3) is 4.05. The van der Waals surface area contributed by atoms with E-state index >= 15 is 0 Å². The predicted octanol–water partition coefficient (Wildman–Crippen LogP) is 3.70. The minimum Gasteiger partial charge on any atom is -0.355 e. The fourth-order valence-electron chi connectivity index (χ4n) is 4.68. The predicted molar refractivity (Wildman–Crippen MR) is 146 cm³/mol. The standard InChI is InChI=1S/C26H28N6O4S/c1-6-32-21-14-20-19(13-17(21)26(2,3)25(32)34)29-23(30-20)22-18(11-12-27-24(22)33)28-15-7-9-16(10-8-15)31(4)37(5,35)36/h7-14H,6H2,1-5H3,(H,29,30)(H2,27,28,33). The van der Waals surface area contributed by atoms with E-state index in [0.717, 1.165) is 23.0 Å². The van der Waals surface area contributed by atoms with Crippen LogP contribution in [0.5, 0.6) is 0 Å². The van der Waals surface area contributed by atoms with Gasteiger partial charge in [0.1, 0.15) is 11.4 Å². The number of imidazole rings is 1. The van der Waals surface area contributed by atoms with Crippen LogP contribution in [0.15, 0.2) is 53.5 Å². The number of carbonyl (C=O) groups excluding carboxylic acids is 1. The first kappa shape index (κ1) is 24.6. The van der Waals surface area contributed by atoms with Gasteiger partial charge in [-0.15, -0.1) is 0 Å². The van der Waals surface area contributed by atoms with Gasteiger partial charge in [-0.25, -0.2) is 13.4 Å². The summed E-state index contributed by atoms with van der Waals surface area (Å²) in [5.41, 5.74) is 4.22. The van der Waals surface area contributed by atoms with Gasteiger partial charge < -0.3 is 20.2 Å². The largest absolute Gasteiger partial charge is 0.355 e. The van der Waals surface area contributed by atoms with Gasteiger partial charge in [0.25, 0.3) is 5.56 Å². The van der Waals surface area contributed by atoms with Gasteiger partial charge in [-0.1, -0.05) is 0 Å². The van der Waals surface area contributed by atoms with Crippen LogP contribution >= 0.6 is 0 Å². The summed E-state index contributed by atoms with van der Waals surface area (Å²) in [6, 6.07) is 12.4. The summed E-state index contributed by atoms with van der Waals surface area (Å²) < 4.78 is 24.8. The second-order valence-electron chi connectivity index (χ2n) is 9.64. The Morgan fingerprint density at radius 3 is 2.46 bits per heavy atom. The van der Waals surface area contributed by atoms with Crippen molar-refractivity contribution in [2.24, 2.45) is 0 Å². The molecule has 192 valence electrons. The summed E-state index contributed by atoms with van der Waals surface area (Å²) in [4.78, 5) is 38.2. The molecule has 0 bridgehead atoms. The molecule has 11 heteroatoms. The molecule has 3 N–H and O–H groups in total. The smallest absolute Gasteiger partial charge is 0.261 e. The molecule has 0 saturated carbocycles. The molecule has 1 aliphatic heterocycles. The van der Waals surface area contributed by atoms with E-state index in [1.807, 2.05) is 32.9 Å². The van der Waals surface area contributed by atoms with Crippen molar-refractivity contribution in [1.29, 1.82) is 0 Å². The number of aromatic nitrogens is 3. The van der Waals surface area contributed by atoms with E-state index in [2.05, 4.69) is 15.3 Å². The molecule has 5 rings (SSSR count). The molecule has 0 spiro atoms. The number of likely N-dealkylation sites (N-methyl/N-ethyl adjacent to an activating group) is 1. The van der Waals surface area contributed by atoms with Crippen molar-refractivity contribution in [2.75, 3.05) is 34.4 Å². The fourth-order valence-corrected chi connectivity index (χ4v) is 5.19. The SMILES string of the molecule is CCN1C(=O)C(C)(C)c2cc3[nH]c(-c4c(Nc5ccc(N(C)S(C)(=O)=O)cc5)cc[nH]c4=O)nc3cc21. The fraction of sp³-hybridized carbons (Fsp3) is 0.269. The molecule has 0 saturated heterocycles. The van der Waals surface area contributed by atoms with Gasteiger partial charge in [-0.2, -0.15) is 0 Å². The lowest BCUT2D eigenvalue weighted by molar-refractivity contribution is -0.122. The number of carbonyl (C=O) groups is 1. The van der Waals surface area contributed by atoms with E-state index in [4.69, 9.17) is 4.98 Å². The van der Waals surface area contributed by atoms with Gasteiger partial charge in [0.2, 0.25) is 15.9 Å². The molecular formula is C26H28N6O4S. The number of aromatic amines is 2. The summed E-state index contributed by atoms with van der Waals surface area (Å²) in [6.45, 7) is 6.32. The van der Waals surface area contributed by atoms with Crippen LogP contribution in [0.4, 0.5) is 22.7 Å². The Bertz CT molecular complexity index is 1700. The lowest BCUT2D eigenvalue weighted by Crippen LogP contribution is -2.35. The van der Waals surface area contributed by atoms with Crippen LogP contribution in [0, 0.1) is 0 Å². The van der Waals surface area contributed by atoms with E-state index in [-0.39, 0.29) is 11.5 Å². The van der Waals surface area contributed by atoms with E-state index in [0.29, 0.717) is 40.5 Å². The zero-order chi connectivity index (χ0) is 26.7. The quantitative estimate of drug-likeness (QED) is 0.355. The number of benzene rings is 2. The molecule has 3 heterocycles. The number of anilines is 4. The highest BCUT2D eigenvalue weighted by molar-refractivity contribution is 7.92. The first-order valence-electron chi connectivity index (χ1n) is 11.8. The molecule has 2 aromatic heterocycles. The Balaban J connectivity index is 1.54. The molecule has 37 heavy (non-hydrogen) atoms. The normalized spacial score (nSPS) is 14.7. The third-order valence-corrected chi connectivity index (χ3v) is 8.07. The molecule has 0 radical (unpaired) electrons. The van der Waals surface area contributed by atoms with Gasteiger partial charge in [0.05, 0.1) is 39.8 Å². The number of amides is 1. The van der Waals surface area contributed by atoms with Crippen LogP contribution in [0.1, 0.15) is 26.3 Å². The third-order valence-electron chi connectivity index (χ3n) is 6.86. The molecule has 1 amide bonds. The number of fused-ring (bicyclic) bond motifs is 2. The average molecular weight is 521 g/mol. The number of hydrogen-bond donors (Lipinski definition) is 3. The highest BCUT2D eigenvalue weighted by atomic mass is 32.2. The van der Waals surface area contributed by atoms with Crippen LogP contribution in [0.3, 0.4) is 0 Å². The van der Waals surface area contributed by atoms with Crippen molar-refractivity contribution in [1.82, 2.24) is 15.0 Å². The maximum Gasteiger partial charge on any atom is 0.261 e. The molecule has 0 aliphatic carbocycles. The number of rotatable bonds is 6. The minimum absolute atomic E-state index is 0.0533. The van der Waals surface area contributed by atoms with Gasteiger partial charge in [-0.05, 0) is 68.8 Å². The van der Waals surface area contributed by atoms with Crippen LogP contribution in [-0.2, 0) is 20.2 Å². The molecular weight excluding hydrogens is 492 g/mol. The number of nitrogens with zero attached hydrogens (tertiary/aromatic N) is 3. The Morgan fingerprint density at radius 2 is 1.81 bits per heavy atom. The van der Waals surface area contributed by atoms with Crippen LogP contribution in [0.2, 0.25) is 0 Å². The zero-order valence-corrected chi connectivity index (χ0v) is 22.0. The first-order valence-corrected chi connectivity index (χ1v) is 13.7. The van der Waals surface area contributed by atoms with Crippen molar-refractivity contribution >= 4 is 49.7 Å². The molecule has 4 aromatic rings. The Kier molecular flexibility index (Phi) is 5.63. The van der Waals surface area contributed by atoms with E-state index in [1.54, 1.807) is 41.4 Å². The number of nitrogens with one attached hydrogen (secondary N) is 3. The molecule has 2 aromatic carbocycles. The van der Waals surface area contributed by atoms with Gasteiger partial charge in [-0.3, -0.25) is 13.9 Å². The van der Waals surface area contributed by atoms with Crippen LogP contribution in [0.25, 0.3) is 22.4 Å². The van der Waals surface area contributed by atoms with E-state index in [1.165, 1.54) is 11.4 Å². The van der Waals surface area contributed by atoms with Gasteiger partial charge in [0.15, 0.2) is 0 Å². The number of H-pyrrole nitrogens is 2. The molecule has 10 nitrogen and oxygen atoms in total. The van der Waals surface area contributed by atoms with E-state index in [9.17, 15) is 18.0 Å². The van der Waals surface area contributed by atoms with Crippen molar-refractivity contribution < 1.29 is 13.2 Å². The summed E-state index contributed by atoms with van der Waals surface area (Å²) in [6.07, 6.45) is 2.69. The van der Waals surface area contributed by atoms with Crippen LogP contribution in [-0.4, -0.2) is 49.1 Å². The Morgan fingerprint density at radius 1 is 1.11 bits per heavy atom. The monoisotopic (exact) mass is 520 g/mol. The number of hydrogen-bond acceptors (Lipinski definition) is 6. The summed E-state index contributed by atoms with van der Waals surface area (Å²) in [5.74, 6) is 0.446. The maximum absolute atomic E-state index is 12.9. The molecule has 1 aliphatic rings. The summed E-state index contributed by atoms with van der Waals surface area (Å²) in [7, 11) is -1.89. The van der Waals surface area contributed by atoms with Crippen molar-refractivity contribution in [3.8, 4) is 11.4 Å². The van der Waals surface area contributed by atoms with Crippen molar-refractivity contribution in [3.05, 3.63) is 64.6 Å². The van der Waals surface area contributed by atoms with Crippen molar-refractivity contribution in [3.63, 3.8) is 0 Å². The molecule has 0 unspecified atom stereocenters. The zero-order valence-electron chi connectivity index (χ0n) is 21.2. The Labute approximate surface area is 214 Å². The number of pyridine rings is 1. The number of sulfonamides is 1. The Hall–Kier alpha value is -4.12. The first-order chi connectivity index (χ1) is 17.4. The van der Waals surface area contributed by atoms with Crippen LogP contribution < -0.4 is 20.1 Å². The van der Waals surface area contributed by atoms with Gasteiger partial charge >= 0.3 is 0 Å². The highest BCUT2D eigenvalue weighted by Gasteiger charge is 2.43. The highest BCUT2D eigenvalue weighted by Crippen LogP contribution is 2.43. The lowest BCUT2D eigenvalue weighted by atomic mass is 9.86. The maximum atomic E-state index is 12.9. The molecule has 0 atom stereocenters. The van der Waals surface area contributed by atoms with Gasteiger partial charge in [0, 0.05) is 25.5 Å². The summed E-state index contributed by atoms with van der Waals surface area (Å²) in [5, 5.41) is 3.24. The summed E-state index contributed by atoms with van der Waals surface area (Å²) >= 11 is 0.